The highest BCUT2D eigenvalue weighted by atomic mass is 16.5. The SMILES string of the molecule is CN(C)C(C(=O)N1CCC[C@H]1c1ncc(-c2ccc3cc(-c4ccc(-c5cnc([C@@H]6CCCN6C(=O)[C@H](C6CCOCC6)N(C)C)[nH]5)cc4)ccc3c2)[nH]1)c1ccccc1. The van der Waals surface area contributed by atoms with Crippen LogP contribution in [0.15, 0.2) is 103 Å². The third kappa shape index (κ3) is 7.89. The highest BCUT2D eigenvalue weighted by Crippen LogP contribution is 2.37. The van der Waals surface area contributed by atoms with E-state index in [1.165, 1.54) is 0 Å². The lowest BCUT2D eigenvalue weighted by Gasteiger charge is -2.37. The molecular weight excluding hydrogens is 749 g/mol. The Morgan fingerprint density at radius 3 is 1.77 bits per heavy atom. The molecule has 0 aliphatic carbocycles. The van der Waals surface area contributed by atoms with E-state index in [1.807, 2.05) is 80.7 Å². The predicted octanol–water partition coefficient (Wildman–Crippen LogP) is 8.27. The number of nitrogens with zero attached hydrogens (tertiary/aromatic N) is 6. The minimum absolute atomic E-state index is 0.0454. The van der Waals surface area contributed by atoms with Crippen LogP contribution in [-0.4, -0.2) is 112 Å². The molecule has 11 heteroatoms. The van der Waals surface area contributed by atoms with Crippen molar-refractivity contribution in [3.05, 3.63) is 121 Å². The summed E-state index contributed by atoms with van der Waals surface area (Å²) in [4.78, 5) is 52.9. The summed E-state index contributed by atoms with van der Waals surface area (Å²) in [5.74, 6) is 2.31. The average Bonchev–Trinajstić information content (AvgIpc) is 4.11. The quantitative estimate of drug-likeness (QED) is 0.136. The van der Waals surface area contributed by atoms with E-state index < -0.39 is 0 Å². The van der Waals surface area contributed by atoms with Gasteiger partial charge in [-0.3, -0.25) is 19.4 Å². The summed E-state index contributed by atoms with van der Waals surface area (Å²) in [5, 5.41) is 2.30. The lowest BCUT2D eigenvalue weighted by atomic mass is 9.90. The molecule has 2 N–H and O–H groups in total. The van der Waals surface area contributed by atoms with Crippen LogP contribution in [0.2, 0.25) is 0 Å². The molecule has 9 rings (SSSR count). The topological polar surface area (TPSA) is 114 Å². The van der Waals surface area contributed by atoms with Crippen molar-refractivity contribution in [2.75, 3.05) is 54.5 Å². The van der Waals surface area contributed by atoms with Crippen LogP contribution in [0.5, 0.6) is 0 Å². The van der Waals surface area contributed by atoms with Crippen LogP contribution in [0.1, 0.15) is 73.9 Å². The van der Waals surface area contributed by atoms with Gasteiger partial charge in [0.05, 0.1) is 41.9 Å². The van der Waals surface area contributed by atoms with Crippen molar-refractivity contribution < 1.29 is 14.3 Å². The third-order valence-corrected chi connectivity index (χ3v) is 13.0. The number of aromatic nitrogens is 4. The van der Waals surface area contributed by atoms with Gasteiger partial charge in [0.15, 0.2) is 0 Å². The number of carbonyl (C=O) groups is 2. The van der Waals surface area contributed by atoms with Gasteiger partial charge in [-0.1, -0.05) is 78.9 Å². The van der Waals surface area contributed by atoms with E-state index in [-0.39, 0.29) is 36.0 Å². The van der Waals surface area contributed by atoms with Crippen molar-refractivity contribution in [2.24, 2.45) is 5.92 Å². The number of carbonyl (C=O) groups excluding carboxylic acids is 2. The monoisotopic (exact) mass is 804 g/mol. The molecule has 5 heterocycles. The summed E-state index contributed by atoms with van der Waals surface area (Å²) < 4.78 is 5.60. The number of nitrogens with one attached hydrogen (secondary N) is 2. The average molecular weight is 805 g/mol. The number of benzene rings is 4. The number of hydrogen-bond acceptors (Lipinski definition) is 7. The van der Waals surface area contributed by atoms with Gasteiger partial charge in [-0.25, -0.2) is 9.97 Å². The van der Waals surface area contributed by atoms with Crippen LogP contribution in [0.4, 0.5) is 0 Å². The van der Waals surface area contributed by atoms with Gasteiger partial charge in [0, 0.05) is 31.9 Å². The van der Waals surface area contributed by atoms with Gasteiger partial charge in [-0.15, -0.1) is 0 Å². The second-order valence-electron chi connectivity index (χ2n) is 17.2. The Kier molecular flexibility index (Phi) is 11.4. The second kappa shape index (κ2) is 17.2. The number of rotatable bonds is 11. The summed E-state index contributed by atoms with van der Waals surface area (Å²) in [6.45, 7) is 2.93. The first-order valence-electron chi connectivity index (χ1n) is 21.5. The number of imidazole rings is 2. The minimum atomic E-state index is -0.342. The van der Waals surface area contributed by atoms with E-state index in [0.29, 0.717) is 5.92 Å². The van der Waals surface area contributed by atoms with Crippen LogP contribution in [-0.2, 0) is 14.3 Å². The Bertz CT molecular complexity index is 2430. The fourth-order valence-electron chi connectivity index (χ4n) is 9.87. The first kappa shape index (κ1) is 39.8. The van der Waals surface area contributed by atoms with E-state index in [4.69, 9.17) is 14.7 Å². The van der Waals surface area contributed by atoms with Crippen molar-refractivity contribution in [1.29, 1.82) is 0 Å². The van der Waals surface area contributed by atoms with Gasteiger partial charge in [-0.05, 0) is 118 Å². The summed E-state index contributed by atoms with van der Waals surface area (Å²) >= 11 is 0. The Morgan fingerprint density at radius 2 is 1.17 bits per heavy atom. The van der Waals surface area contributed by atoms with Crippen LogP contribution >= 0.6 is 0 Å². The first-order chi connectivity index (χ1) is 29.2. The van der Waals surface area contributed by atoms with Crippen molar-refractivity contribution in [2.45, 2.75) is 62.7 Å². The number of hydrogen-bond donors (Lipinski definition) is 2. The van der Waals surface area contributed by atoms with E-state index in [2.05, 4.69) is 80.4 Å². The molecule has 4 aromatic carbocycles. The molecule has 6 aromatic rings. The normalized spacial score (nSPS) is 19.8. The van der Waals surface area contributed by atoms with Crippen molar-refractivity contribution >= 4 is 22.6 Å². The molecule has 3 fully saturated rings. The van der Waals surface area contributed by atoms with Crippen molar-refractivity contribution in [3.63, 3.8) is 0 Å². The van der Waals surface area contributed by atoms with Gasteiger partial charge < -0.3 is 24.5 Å². The van der Waals surface area contributed by atoms with Crippen LogP contribution < -0.4 is 0 Å². The van der Waals surface area contributed by atoms with Crippen LogP contribution in [0.25, 0.3) is 44.4 Å². The van der Waals surface area contributed by atoms with Crippen molar-refractivity contribution in [1.82, 2.24) is 39.5 Å². The third-order valence-electron chi connectivity index (χ3n) is 13.0. The van der Waals surface area contributed by atoms with Gasteiger partial charge in [0.25, 0.3) is 0 Å². The smallest absolute Gasteiger partial charge is 0.245 e. The highest BCUT2D eigenvalue weighted by Gasteiger charge is 2.40. The summed E-state index contributed by atoms with van der Waals surface area (Å²) in [6.07, 6.45) is 9.35. The molecule has 2 aromatic heterocycles. The summed E-state index contributed by atoms with van der Waals surface area (Å²) in [7, 11) is 7.97. The largest absolute Gasteiger partial charge is 0.381 e. The molecule has 11 nitrogen and oxygen atoms in total. The van der Waals surface area contributed by atoms with E-state index in [0.717, 1.165) is 126 Å². The molecular formula is C49H56N8O3. The lowest BCUT2D eigenvalue weighted by Crippen LogP contribution is -2.50. The number of H-pyrrole nitrogens is 2. The fourth-order valence-corrected chi connectivity index (χ4v) is 9.87. The summed E-state index contributed by atoms with van der Waals surface area (Å²) in [5.41, 5.74) is 7.30. The molecule has 4 atom stereocenters. The zero-order valence-corrected chi connectivity index (χ0v) is 35.2. The molecule has 310 valence electrons. The highest BCUT2D eigenvalue weighted by molar-refractivity contribution is 5.91. The second-order valence-corrected chi connectivity index (χ2v) is 17.2. The molecule has 0 radical (unpaired) electrons. The molecule has 3 saturated heterocycles. The number of fused-ring (bicyclic) bond motifs is 1. The Balaban J connectivity index is 0.872. The Labute approximate surface area is 352 Å². The molecule has 0 bridgehead atoms. The maximum absolute atomic E-state index is 14.0. The Morgan fingerprint density at radius 1 is 0.633 bits per heavy atom. The predicted molar refractivity (Wildman–Crippen MR) is 236 cm³/mol. The van der Waals surface area contributed by atoms with Gasteiger partial charge in [0.2, 0.25) is 11.8 Å². The molecule has 60 heavy (non-hydrogen) atoms. The molecule has 3 aliphatic rings. The lowest BCUT2D eigenvalue weighted by molar-refractivity contribution is -0.140. The summed E-state index contributed by atoms with van der Waals surface area (Å²) in [6, 6.07) is 31.1. The number of amides is 2. The molecule has 3 aliphatic heterocycles. The zero-order chi connectivity index (χ0) is 41.3. The van der Waals surface area contributed by atoms with Crippen LogP contribution in [0, 0.1) is 5.92 Å². The molecule has 0 saturated carbocycles. The van der Waals surface area contributed by atoms with Crippen LogP contribution in [0.3, 0.4) is 0 Å². The number of ether oxygens (including phenoxy) is 1. The van der Waals surface area contributed by atoms with Gasteiger partial charge in [-0.2, -0.15) is 0 Å². The van der Waals surface area contributed by atoms with E-state index in [9.17, 15) is 9.59 Å². The number of likely N-dealkylation sites (N-methyl/N-ethyl adjacent to an activating group) is 2. The molecule has 1 unspecified atom stereocenters. The number of aromatic amines is 2. The number of likely N-dealkylation sites (tertiary alicyclic amines) is 2. The van der Waals surface area contributed by atoms with Gasteiger partial charge >= 0.3 is 0 Å². The minimum Gasteiger partial charge on any atom is -0.381 e. The fraction of sp³-hybridized carbons (Fsp3) is 0.388. The van der Waals surface area contributed by atoms with E-state index in [1.54, 1.807) is 0 Å². The van der Waals surface area contributed by atoms with Crippen molar-refractivity contribution in [3.8, 4) is 33.6 Å². The van der Waals surface area contributed by atoms with E-state index >= 15 is 0 Å². The Hall–Kier alpha value is -5.62. The standard InChI is InChI=1S/C49H56N8O3/c1-54(2)44(34-10-6-5-7-11-34)48(58)56-24-9-13-43(56)47-51-31-41(53-47)39-21-20-37-28-36(18-19-38(37)29-39)32-14-16-33(17-15-32)40-30-50-46(52-40)42-12-8-25-57(42)49(59)45(55(3)4)35-22-26-60-27-23-35/h5-7,10-11,14-21,28-31,35,42-45H,8-9,12-13,22-27H2,1-4H3,(H,50,52)(H,51,53)/t42-,43-,44?,45-/m0/s1. The molecule has 2 amide bonds. The maximum Gasteiger partial charge on any atom is 0.245 e. The van der Waals surface area contributed by atoms with Gasteiger partial charge in [0.1, 0.15) is 17.7 Å². The first-order valence-corrected chi connectivity index (χ1v) is 21.5. The molecule has 0 spiro atoms. The maximum atomic E-state index is 14.0. The zero-order valence-electron chi connectivity index (χ0n) is 35.2.